The van der Waals surface area contributed by atoms with Crippen LogP contribution in [0.25, 0.3) is 0 Å². The molecule has 3 rings (SSSR count). The normalized spacial score (nSPS) is 17.4. The van der Waals surface area contributed by atoms with Crippen molar-refractivity contribution in [3.63, 3.8) is 0 Å². The van der Waals surface area contributed by atoms with E-state index >= 15 is 0 Å². The molecule has 0 radical (unpaired) electrons. The molecule has 0 fully saturated rings. The van der Waals surface area contributed by atoms with E-state index in [0.29, 0.717) is 0 Å². The van der Waals surface area contributed by atoms with Gasteiger partial charge in [-0.25, -0.2) is 0 Å². The largest absolute Gasteiger partial charge is 0.345 e. The molecule has 2 aromatic rings. The van der Waals surface area contributed by atoms with Gasteiger partial charge in [0, 0.05) is 10.0 Å². The molecule has 0 bridgehead atoms. The van der Waals surface area contributed by atoms with Crippen LogP contribution in [0.3, 0.4) is 0 Å². The highest BCUT2D eigenvalue weighted by atomic mass is 79.9. The van der Waals surface area contributed by atoms with Crippen molar-refractivity contribution in [3.05, 3.63) is 69.7 Å². The average Bonchev–Trinajstić information content (AvgIpc) is 2.48. The predicted octanol–water partition coefficient (Wildman–Crippen LogP) is 4.26. The van der Waals surface area contributed by atoms with E-state index in [1.54, 1.807) is 0 Å². The van der Waals surface area contributed by atoms with Gasteiger partial charge in [0.05, 0.1) is 6.04 Å². The summed E-state index contributed by atoms with van der Waals surface area (Å²) in [6.07, 6.45) is 3.21. The standard InChI is InChI=1S/C17H16BrNO/c18-14-9-10-15-13(11-14)7-4-8-16(15)19-17(20)12-5-2-1-3-6-12/h1-3,5-6,9-11,16H,4,7-8H2,(H,19,20). The highest BCUT2D eigenvalue weighted by molar-refractivity contribution is 9.10. The molecule has 1 amide bonds. The summed E-state index contributed by atoms with van der Waals surface area (Å²) in [7, 11) is 0. The number of rotatable bonds is 2. The van der Waals surface area contributed by atoms with Crippen LogP contribution in [0.4, 0.5) is 0 Å². The fourth-order valence-corrected chi connectivity index (χ4v) is 3.17. The monoisotopic (exact) mass is 329 g/mol. The van der Waals surface area contributed by atoms with Crippen LogP contribution in [0, 0.1) is 0 Å². The Bertz CT molecular complexity index is 624. The highest BCUT2D eigenvalue weighted by Gasteiger charge is 2.22. The van der Waals surface area contributed by atoms with E-state index in [9.17, 15) is 4.79 Å². The van der Waals surface area contributed by atoms with E-state index in [-0.39, 0.29) is 11.9 Å². The third-order valence-corrected chi connectivity index (χ3v) is 4.25. The second kappa shape index (κ2) is 5.80. The molecule has 1 aliphatic rings. The Labute approximate surface area is 127 Å². The predicted molar refractivity (Wildman–Crippen MR) is 83.7 cm³/mol. The molecule has 0 aliphatic heterocycles. The van der Waals surface area contributed by atoms with E-state index in [0.717, 1.165) is 29.3 Å². The van der Waals surface area contributed by atoms with E-state index in [1.807, 2.05) is 36.4 Å². The lowest BCUT2D eigenvalue weighted by atomic mass is 9.87. The minimum Gasteiger partial charge on any atom is -0.345 e. The minimum absolute atomic E-state index is 0.00590. The summed E-state index contributed by atoms with van der Waals surface area (Å²) < 4.78 is 1.10. The summed E-state index contributed by atoms with van der Waals surface area (Å²) in [5.41, 5.74) is 3.31. The smallest absolute Gasteiger partial charge is 0.251 e. The van der Waals surface area contributed by atoms with Crippen LogP contribution in [0.5, 0.6) is 0 Å². The van der Waals surface area contributed by atoms with Crippen molar-refractivity contribution in [1.82, 2.24) is 5.32 Å². The van der Waals surface area contributed by atoms with Crippen LogP contribution in [-0.2, 0) is 6.42 Å². The Morgan fingerprint density at radius 3 is 2.75 bits per heavy atom. The lowest BCUT2D eigenvalue weighted by Gasteiger charge is -2.26. The highest BCUT2D eigenvalue weighted by Crippen LogP contribution is 2.31. The molecule has 2 aromatic carbocycles. The van der Waals surface area contributed by atoms with Gasteiger partial charge in [-0.3, -0.25) is 4.79 Å². The third kappa shape index (κ3) is 2.78. The molecule has 0 saturated heterocycles. The van der Waals surface area contributed by atoms with Gasteiger partial charge in [0.1, 0.15) is 0 Å². The number of carbonyl (C=O) groups excluding carboxylic acids is 1. The summed E-state index contributed by atoms with van der Waals surface area (Å²) in [6, 6.07) is 15.9. The molecule has 102 valence electrons. The Balaban J connectivity index is 1.81. The van der Waals surface area contributed by atoms with Gasteiger partial charge in [-0.15, -0.1) is 0 Å². The first-order chi connectivity index (χ1) is 9.74. The van der Waals surface area contributed by atoms with Crippen molar-refractivity contribution >= 4 is 21.8 Å². The van der Waals surface area contributed by atoms with Crippen LogP contribution in [-0.4, -0.2) is 5.91 Å². The molecule has 20 heavy (non-hydrogen) atoms. The summed E-state index contributed by atoms with van der Waals surface area (Å²) in [5.74, 6) is 0.00590. The number of nitrogens with one attached hydrogen (secondary N) is 1. The molecule has 0 aromatic heterocycles. The van der Waals surface area contributed by atoms with Crippen molar-refractivity contribution in [2.75, 3.05) is 0 Å². The average molecular weight is 330 g/mol. The van der Waals surface area contributed by atoms with Crippen LogP contribution in [0.1, 0.15) is 40.4 Å². The van der Waals surface area contributed by atoms with Gasteiger partial charge in [-0.1, -0.05) is 40.2 Å². The number of benzene rings is 2. The molecule has 1 atom stereocenters. The fourth-order valence-electron chi connectivity index (χ4n) is 2.76. The topological polar surface area (TPSA) is 29.1 Å². The van der Waals surface area contributed by atoms with Crippen molar-refractivity contribution < 1.29 is 4.79 Å². The summed E-state index contributed by atoms with van der Waals surface area (Å²) in [5, 5.41) is 3.16. The maximum Gasteiger partial charge on any atom is 0.251 e. The number of hydrogen-bond acceptors (Lipinski definition) is 1. The summed E-state index contributed by atoms with van der Waals surface area (Å²) in [4.78, 5) is 12.3. The molecule has 0 saturated carbocycles. The molecule has 1 unspecified atom stereocenters. The molecular weight excluding hydrogens is 314 g/mol. The van der Waals surface area contributed by atoms with Gasteiger partial charge in [0.15, 0.2) is 0 Å². The third-order valence-electron chi connectivity index (χ3n) is 3.76. The first-order valence-corrected chi connectivity index (χ1v) is 7.67. The number of amides is 1. The van der Waals surface area contributed by atoms with Gasteiger partial charge >= 0.3 is 0 Å². The first kappa shape index (κ1) is 13.4. The van der Waals surface area contributed by atoms with Gasteiger partial charge in [0.2, 0.25) is 0 Å². The van der Waals surface area contributed by atoms with Crippen molar-refractivity contribution in [2.24, 2.45) is 0 Å². The molecule has 3 heteroatoms. The maximum atomic E-state index is 12.3. The fraction of sp³-hybridized carbons (Fsp3) is 0.235. The number of carbonyl (C=O) groups is 1. The second-order valence-electron chi connectivity index (χ2n) is 5.13. The summed E-state index contributed by atoms with van der Waals surface area (Å²) >= 11 is 3.51. The Kier molecular flexibility index (Phi) is 3.88. The van der Waals surface area contributed by atoms with Crippen LogP contribution < -0.4 is 5.32 Å². The molecule has 0 heterocycles. The van der Waals surface area contributed by atoms with E-state index < -0.39 is 0 Å². The molecule has 1 N–H and O–H groups in total. The maximum absolute atomic E-state index is 12.3. The zero-order valence-corrected chi connectivity index (χ0v) is 12.7. The Hall–Kier alpha value is -1.61. The van der Waals surface area contributed by atoms with Gasteiger partial charge in [-0.2, -0.15) is 0 Å². The summed E-state index contributed by atoms with van der Waals surface area (Å²) in [6.45, 7) is 0. The van der Waals surface area contributed by atoms with E-state index in [1.165, 1.54) is 11.1 Å². The lowest BCUT2D eigenvalue weighted by molar-refractivity contribution is 0.0933. The van der Waals surface area contributed by atoms with Crippen molar-refractivity contribution in [3.8, 4) is 0 Å². The van der Waals surface area contributed by atoms with Crippen LogP contribution >= 0.6 is 15.9 Å². The quantitative estimate of drug-likeness (QED) is 0.876. The molecular formula is C17H16BrNO. The second-order valence-corrected chi connectivity index (χ2v) is 6.04. The van der Waals surface area contributed by atoms with Crippen molar-refractivity contribution in [2.45, 2.75) is 25.3 Å². The number of hydrogen-bond donors (Lipinski definition) is 1. The Morgan fingerprint density at radius 2 is 1.95 bits per heavy atom. The van der Waals surface area contributed by atoms with Crippen molar-refractivity contribution in [1.29, 1.82) is 0 Å². The van der Waals surface area contributed by atoms with Gasteiger partial charge in [-0.05, 0) is 54.7 Å². The van der Waals surface area contributed by atoms with Crippen LogP contribution in [0.15, 0.2) is 53.0 Å². The Morgan fingerprint density at radius 1 is 1.15 bits per heavy atom. The molecule has 2 nitrogen and oxygen atoms in total. The van der Waals surface area contributed by atoms with E-state index in [4.69, 9.17) is 0 Å². The lowest BCUT2D eigenvalue weighted by Crippen LogP contribution is -2.30. The zero-order chi connectivity index (χ0) is 13.9. The molecule has 0 spiro atoms. The number of halogens is 1. The minimum atomic E-state index is 0.00590. The SMILES string of the molecule is O=C(NC1CCCc2cc(Br)ccc21)c1ccccc1. The zero-order valence-electron chi connectivity index (χ0n) is 11.1. The molecule has 1 aliphatic carbocycles. The van der Waals surface area contributed by atoms with E-state index in [2.05, 4.69) is 33.4 Å². The van der Waals surface area contributed by atoms with Gasteiger partial charge in [0.25, 0.3) is 5.91 Å². The number of fused-ring (bicyclic) bond motifs is 1. The number of aryl methyl sites for hydroxylation is 1. The van der Waals surface area contributed by atoms with Crippen LogP contribution in [0.2, 0.25) is 0 Å². The van der Waals surface area contributed by atoms with Gasteiger partial charge < -0.3 is 5.32 Å². The first-order valence-electron chi connectivity index (χ1n) is 6.88.